The molecule has 44 heavy (non-hydrogen) atoms. The summed E-state index contributed by atoms with van der Waals surface area (Å²) in [7, 11) is 1.65. The molecule has 0 radical (unpaired) electrons. The second kappa shape index (κ2) is 16.3. The molecule has 0 bridgehead atoms. The fourth-order valence-electron chi connectivity index (χ4n) is 5.00. The average Bonchev–Trinajstić information content (AvgIpc) is 3.06. The summed E-state index contributed by atoms with van der Waals surface area (Å²) >= 11 is 1.51. The molecule has 9 heteroatoms. The number of ether oxygens (including phenoxy) is 5. The molecular weight excluding hydrogens is 574 g/mol. The van der Waals surface area contributed by atoms with Crippen LogP contribution in [0.1, 0.15) is 22.3 Å². The van der Waals surface area contributed by atoms with Gasteiger partial charge < -0.3 is 23.7 Å². The summed E-state index contributed by atoms with van der Waals surface area (Å²) in [6, 6.07) is 35.2. The number of nitrogens with zero attached hydrogens (tertiary/aromatic N) is 3. The summed E-state index contributed by atoms with van der Waals surface area (Å²) in [4.78, 5) is 4.22. The summed E-state index contributed by atoms with van der Waals surface area (Å²) < 4.78 is 31.4. The Hall–Kier alpha value is -3.82. The first kappa shape index (κ1) is 31.6. The Labute approximate surface area is 262 Å². The highest BCUT2D eigenvalue weighted by Crippen LogP contribution is 2.38. The number of benzene rings is 4. The van der Waals surface area contributed by atoms with Gasteiger partial charge in [0.1, 0.15) is 29.4 Å². The molecule has 0 spiro atoms. The predicted octanol–water partition coefficient (Wildman–Crippen LogP) is 7.89. The van der Waals surface area contributed by atoms with Gasteiger partial charge in [-0.1, -0.05) is 107 Å². The number of hydrogen-bond acceptors (Lipinski definition) is 7. The molecule has 5 rings (SSSR count). The van der Waals surface area contributed by atoms with Crippen LogP contribution in [0.25, 0.3) is 10.4 Å². The number of aryl methyl sites for hydroxylation is 1. The number of azide groups is 1. The van der Waals surface area contributed by atoms with E-state index in [0.717, 1.165) is 32.9 Å². The SMILES string of the molecule is COc1ccc(COC[C@H]2OC(Sc3ccc(C)cc3)[C@H](N=[N+]=[N-])[C@@H](OCc3ccccc3)[C@@H]2OCc2ccccc2)cc1. The van der Waals surface area contributed by atoms with Crippen LogP contribution in [0.15, 0.2) is 119 Å². The van der Waals surface area contributed by atoms with E-state index in [-0.39, 0.29) is 6.61 Å². The summed E-state index contributed by atoms with van der Waals surface area (Å²) in [5, 5.41) is 4.23. The normalized spacial score (nSPS) is 21.4. The molecule has 1 fully saturated rings. The van der Waals surface area contributed by atoms with E-state index in [9.17, 15) is 5.53 Å². The standard InChI is InChI=1S/C35H37N3O5S/c1-25-13-19-30(20-14-25)44-35-32(37-38-36)34(42-23-27-11-7-4-8-12-27)33(41-22-26-9-5-3-6-10-26)31(43-35)24-40-21-28-15-17-29(39-2)18-16-28/h3-20,31-35H,21-24H2,1-2H3/t31-,32-,33-,34-,35?/m1/s1. The zero-order chi connectivity index (χ0) is 30.6. The highest BCUT2D eigenvalue weighted by Gasteiger charge is 2.47. The van der Waals surface area contributed by atoms with Crippen molar-refractivity contribution in [3.05, 3.63) is 142 Å². The molecule has 4 aromatic rings. The van der Waals surface area contributed by atoms with Crippen molar-refractivity contribution in [3.8, 4) is 5.75 Å². The minimum Gasteiger partial charge on any atom is -0.497 e. The molecule has 8 nitrogen and oxygen atoms in total. The van der Waals surface area contributed by atoms with Gasteiger partial charge in [0.15, 0.2) is 0 Å². The van der Waals surface area contributed by atoms with Gasteiger partial charge in [-0.15, -0.1) is 0 Å². The first-order valence-electron chi connectivity index (χ1n) is 14.6. The molecular formula is C35H37N3O5S. The van der Waals surface area contributed by atoms with Gasteiger partial charge in [-0.2, -0.15) is 0 Å². The van der Waals surface area contributed by atoms with Gasteiger partial charge in [-0.25, -0.2) is 0 Å². The second-order valence-corrected chi connectivity index (χ2v) is 11.7. The smallest absolute Gasteiger partial charge is 0.119 e. The van der Waals surface area contributed by atoms with Gasteiger partial charge in [0, 0.05) is 9.81 Å². The van der Waals surface area contributed by atoms with Crippen molar-refractivity contribution in [2.45, 2.75) is 61.4 Å². The average molecular weight is 612 g/mol. The maximum atomic E-state index is 9.67. The maximum absolute atomic E-state index is 9.67. The van der Waals surface area contributed by atoms with Crippen LogP contribution < -0.4 is 4.74 Å². The van der Waals surface area contributed by atoms with Crippen LogP contribution in [0.2, 0.25) is 0 Å². The van der Waals surface area contributed by atoms with Crippen molar-refractivity contribution in [3.63, 3.8) is 0 Å². The molecule has 1 aliphatic rings. The first-order valence-corrected chi connectivity index (χ1v) is 15.5. The maximum Gasteiger partial charge on any atom is 0.119 e. The van der Waals surface area contributed by atoms with E-state index < -0.39 is 29.8 Å². The summed E-state index contributed by atoms with van der Waals surface area (Å²) in [5.41, 5.74) is 13.3. The summed E-state index contributed by atoms with van der Waals surface area (Å²) in [6.07, 6.45) is -1.66. The Morgan fingerprint density at radius 2 is 1.34 bits per heavy atom. The van der Waals surface area contributed by atoms with Crippen LogP contribution in [0.5, 0.6) is 5.75 Å². The topological polar surface area (TPSA) is 94.9 Å². The molecule has 1 aliphatic heterocycles. The van der Waals surface area contributed by atoms with Crippen molar-refractivity contribution >= 4 is 11.8 Å². The van der Waals surface area contributed by atoms with Crippen molar-refractivity contribution in [2.75, 3.05) is 13.7 Å². The monoisotopic (exact) mass is 611 g/mol. The molecule has 1 heterocycles. The van der Waals surface area contributed by atoms with E-state index in [1.54, 1.807) is 7.11 Å². The van der Waals surface area contributed by atoms with Crippen LogP contribution in [-0.4, -0.2) is 43.5 Å². The molecule has 0 aliphatic carbocycles. The number of thioether (sulfide) groups is 1. The molecule has 0 N–H and O–H groups in total. The lowest BCUT2D eigenvalue weighted by Gasteiger charge is -2.44. The van der Waals surface area contributed by atoms with Gasteiger partial charge in [0.2, 0.25) is 0 Å². The molecule has 0 amide bonds. The van der Waals surface area contributed by atoms with Gasteiger partial charge in [0.25, 0.3) is 0 Å². The molecule has 1 unspecified atom stereocenters. The van der Waals surface area contributed by atoms with Crippen molar-refractivity contribution in [2.24, 2.45) is 5.11 Å². The highest BCUT2D eigenvalue weighted by atomic mass is 32.2. The van der Waals surface area contributed by atoms with Crippen LogP contribution in [0, 0.1) is 6.92 Å². The Morgan fingerprint density at radius 1 is 0.750 bits per heavy atom. The van der Waals surface area contributed by atoms with E-state index in [1.807, 2.05) is 104 Å². The number of methoxy groups -OCH3 is 1. The highest BCUT2D eigenvalue weighted by molar-refractivity contribution is 7.99. The van der Waals surface area contributed by atoms with Crippen molar-refractivity contribution in [1.82, 2.24) is 0 Å². The second-order valence-electron chi connectivity index (χ2n) is 10.6. The van der Waals surface area contributed by atoms with Gasteiger partial charge >= 0.3 is 0 Å². The van der Waals surface area contributed by atoms with Crippen LogP contribution in [0.4, 0.5) is 0 Å². The molecule has 0 saturated carbocycles. The lowest BCUT2D eigenvalue weighted by Crippen LogP contribution is -2.58. The van der Waals surface area contributed by atoms with E-state index in [0.29, 0.717) is 19.8 Å². The zero-order valence-corrected chi connectivity index (χ0v) is 25.7. The van der Waals surface area contributed by atoms with Crippen molar-refractivity contribution in [1.29, 1.82) is 0 Å². The fraction of sp³-hybridized carbons (Fsp3) is 0.314. The molecule has 4 aromatic carbocycles. The third kappa shape index (κ3) is 8.86. The quantitative estimate of drug-likeness (QED) is 0.0818. The summed E-state index contributed by atoms with van der Waals surface area (Å²) in [5.74, 6) is 0.789. The number of rotatable bonds is 14. The Balaban J connectivity index is 1.42. The molecule has 1 saturated heterocycles. The molecule has 5 atom stereocenters. The van der Waals surface area contributed by atoms with Crippen LogP contribution in [-0.2, 0) is 38.8 Å². The zero-order valence-electron chi connectivity index (χ0n) is 24.9. The third-order valence-electron chi connectivity index (χ3n) is 7.35. The van der Waals surface area contributed by atoms with Gasteiger partial charge in [-0.05, 0) is 53.4 Å². The predicted molar refractivity (Wildman–Crippen MR) is 171 cm³/mol. The molecule has 228 valence electrons. The lowest BCUT2D eigenvalue weighted by molar-refractivity contribution is -0.211. The van der Waals surface area contributed by atoms with Crippen LogP contribution >= 0.6 is 11.8 Å². The Morgan fingerprint density at radius 3 is 1.93 bits per heavy atom. The van der Waals surface area contributed by atoms with Gasteiger partial charge in [-0.3, -0.25) is 0 Å². The largest absolute Gasteiger partial charge is 0.497 e. The first-order chi connectivity index (χ1) is 21.6. The van der Waals surface area contributed by atoms with E-state index in [1.165, 1.54) is 11.8 Å². The minimum atomic E-state index is -0.659. The fourth-order valence-corrected chi connectivity index (χ4v) is 6.11. The summed E-state index contributed by atoms with van der Waals surface area (Å²) in [6.45, 7) is 3.36. The van der Waals surface area contributed by atoms with E-state index >= 15 is 0 Å². The minimum absolute atomic E-state index is 0.255. The van der Waals surface area contributed by atoms with Gasteiger partial charge in [0.05, 0.1) is 39.6 Å². The number of hydrogen-bond donors (Lipinski definition) is 0. The molecule has 0 aromatic heterocycles. The third-order valence-corrected chi connectivity index (χ3v) is 8.52. The Kier molecular flexibility index (Phi) is 11.7. The van der Waals surface area contributed by atoms with E-state index in [2.05, 4.69) is 22.2 Å². The van der Waals surface area contributed by atoms with E-state index in [4.69, 9.17) is 23.7 Å². The van der Waals surface area contributed by atoms with Crippen LogP contribution in [0.3, 0.4) is 0 Å². The van der Waals surface area contributed by atoms with Crippen molar-refractivity contribution < 1.29 is 23.7 Å². The Bertz CT molecular complexity index is 1470. The lowest BCUT2D eigenvalue weighted by atomic mass is 9.97.